The molecule has 10 heteroatoms. The highest BCUT2D eigenvalue weighted by Gasteiger charge is 2.35. The van der Waals surface area contributed by atoms with Gasteiger partial charge in [-0.25, -0.2) is 0 Å². The van der Waals surface area contributed by atoms with E-state index < -0.39 is 23.5 Å². The smallest absolute Gasteiger partial charge is 0.420 e. The summed E-state index contributed by atoms with van der Waals surface area (Å²) in [6.45, 7) is 0. The first-order valence-corrected chi connectivity index (χ1v) is 10.0. The highest BCUT2D eigenvalue weighted by atomic mass is 35.5. The molecule has 6 nitrogen and oxygen atoms in total. The van der Waals surface area contributed by atoms with Gasteiger partial charge in [-0.15, -0.1) is 0 Å². The van der Waals surface area contributed by atoms with Gasteiger partial charge in [0.1, 0.15) is 28.6 Å². The number of nitrogens with one attached hydrogen (secondary N) is 2. The summed E-state index contributed by atoms with van der Waals surface area (Å²) >= 11 is 6.00. The van der Waals surface area contributed by atoms with Gasteiger partial charge in [0, 0.05) is 23.6 Å². The molecule has 33 heavy (non-hydrogen) atoms. The number of rotatable bonds is 8. The second-order valence-corrected chi connectivity index (χ2v) is 7.49. The lowest BCUT2D eigenvalue weighted by Crippen LogP contribution is -2.12. The van der Waals surface area contributed by atoms with Crippen molar-refractivity contribution in [2.75, 3.05) is 0 Å². The number of carboxylic acids is 1. The number of carbonyl (C=O) groups is 1. The fraction of sp³-hybridized carbons (Fsp3) is 0.174. The summed E-state index contributed by atoms with van der Waals surface area (Å²) in [4.78, 5) is 10.9. The molecule has 1 unspecified atom stereocenters. The zero-order chi connectivity index (χ0) is 24.2. The van der Waals surface area contributed by atoms with Gasteiger partial charge in [0.05, 0.1) is 11.4 Å². The van der Waals surface area contributed by atoms with E-state index in [1.54, 1.807) is 6.08 Å². The first-order chi connectivity index (χ1) is 15.6. The standard InChI is InChI=1S/C23H18ClF3N2O4/c24-19-5-7-20(17(12-29)16(19)11-28)32-15-4-6-21(18(10-15)23(25,26)27)33-14-3-1-2-13(8-14)9-22(30)31/h1,3-8,10-13,28-29H,2,9H2,(H,30,31). The predicted octanol–water partition coefficient (Wildman–Crippen LogP) is 6.46. The lowest BCUT2D eigenvalue weighted by molar-refractivity contribution is -0.139. The van der Waals surface area contributed by atoms with Crippen LogP contribution in [0.1, 0.15) is 29.5 Å². The third-order valence-electron chi connectivity index (χ3n) is 4.75. The van der Waals surface area contributed by atoms with Crippen molar-refractivity contribution in [2.45, 2.75) is 19.0 Å². The van der Waals surface area contributed by atoms with Crippen LogP contribution in [0.4, 0.5) is 13.2 Å². The molecule has 0 aliphatic heterocycles. The van der Waals surface area contributed by atoms with Gasteiger partial charge >= 0.3 is 12.1 Å². The van der Waals surface area contributed by atoms with Gasteiger partial charge in [0.25, 0.3) is 0 Å². The Bertz CT molecular complexity index is 1160. The van der Waals surface area contributed by atoms with Crippen LogP contribution in [0.2, 0.25) is 5.02 Å². The van der Waals surface area contributed by atoms with E-state index in [4.69, 9.17) is 37.0 Å². The average molecular weight is 479 g/mol. The molecule has 3 rings (SSSR count). The molecule has 0 amide bonds. The number of benzene rings is 2. The summed E-state index contributed by atoms with van der Waals surface area (Å²) in [5.74, 6) is -1.85. The van der Waals surface area contributed by atoms with Gasteiger partial charge < -0.3 is 25.4 Å². The van der Waals surface area contributed by atoms with Crippen LogP contribution < -0.4 is 9.47 Å². The normalized spacial score (nSPS) is 15.5. The number of hydrogen-bond donors (Lipinski definition) is 3. The summed E-state index contributed by atoms with van der Waals surface area (Å²) in [5, 5.41) is 24.1. The van der Waals surface area contributed by atoms with Crippen LogP contribution >= 0.6 is 11.6 Å². The summed E-state index contributed by atoms with van der Waals surface area (Å²) < 4.78 is 52.3. The van der Waals surface area contributed by atoms with Gasteiger partial charge in [-0.3, -0.25) is 4.79 Å². The van der Waals surface area contributed by atoms with Crippen LogP contribution in [0, 0.1) is 16.7 Å². The third-order valence-corrected chi connectivity index (χ3v) is 5.08. The maximum Gasteiger partial charge on any atom is 0.420 e. The highest BCUT2D eigenvalue weighted by Crippen LogP contribution is 2.41. The number of hydrogen-bond acceptors (Lipinski definition) is 5. The van der Waals surface area contributed by atoms with E-state index in [1.807, 2.05) is 0 Å². The van der Waals surface area contributed by atoms with Crippen LogP contribution in [-0.4, -0.2) is 23.5 Å². The number of carboxylic acid groups (broad SMARTS) is 1. The Morgan fingerprint density at radius 3 is 2.45 bits per heavy atom. The lowest BCUT2D eigenvalue weighted by Gasteiger charge is -2.19. The number of halogens is 4. The van der Waals surface area contributed by atoms with Crippen molar-refractivity contribution in [1.29, 1.82) is 10.8 Å². The van der Waals surface area contributed by atoms with Crippen LogP contribution in [0.3, 0.4) is 0 Å². The summed E-state index contributed by atoms with van der Waals surface area (Å²) in [5.41, 5.74) is -0.743. The summed E-state index contributed by atoms with van der Waals surface area (Å²) in [6, 6.07) is 5.96. The van der Waals surface area contributed by atoms with Gasteiger partial charge in [-0.2, -0.15) is 13.2 Å². The van der Waals surface area contributed by atoms with Crippen molar-refractivity contribution < 1.29 is 32.5 Å². The second kappa shape index (κ2) is 9.91. The van der Waals surface area contributed by atoms with Gasteiger partial charge in [0.15, 0.2) is 0 Å². The predicted molar refractivity (Wildman–Crippen MR) is 117 cm³/mol. The number of ether oxygens (including phenoxy) is 2. The Labute approximate surface area is 191 Å². The van der Waals surface area contributed by atoms with Crippen molar-refractivity contribution in [2.24, 2.45) is 5.92 Å². The fourth-order valence-electron chi connectivity index (χ4n) is 3.26. The minimum Gasteiger partial charge on any atom is -0.481 e. The van der Waals surface area contributed by atoms with E-state index in [9.17, 15) is 18.0 Å². The van der Waals surface area contributed by atoms with Crippen LogP contribution in [0.25, 0.3) is 0 Å². The zero-order valence-electron chi connectivity index (χ0n) is 16.9. The molecule has 0 spiro atoms. The molecule has 1 atom stereocenters. The van der Waals surface area contributed by atoms with E-state index in [2.05, 4.69) is 0 Å². The second-order valence-electron chi connectivity index (χ2n) is 7.09. The van der Waals surface area contributed by atoms with Crippen molar-refractivity contribution in [3.05, 3.63) is 76.0 Å². The third kappa shape index (κ3) is 5.81. The van der Waals surface area contributed by atoms with E-state index in [-0.39, 0.29) is 45.7 Å². The maximum absolute atomic E-state index is 13.8. The quantitative estimate of drug-likeness (QED) is 0.379. The van der Waals surface area contributed by atoms with Gasteiger partial charge in [0.2, 0.25) is 0 Å². The molecule has 2 aromatic rings. The molecule has 172 valence electrons. The molecule has 0 saturated heterocycles. The monoisotopic (exact) mass is 478 g/mol. The minimum atomic E-state index is -4.77. The van der Waals surface area contributed by atoms with E-state index in [1.165, 1.54) is 30.4 Å². The SMILES string of the molecule is N=Cc1c(Cl)ccc(Oc2ccc(OC3=CC(CC(=O)O)CC=C3)c(C(F)(F)F)c2)c1C=N. The first-order valence-electron chi connectivity index (χ1n) is 9.63. The summed E-state index contributed by atoms with van der Waals surface area (Å²) in [6.07, 6.45) is 1.98. The summed E-state index contributed by atoms with van der Waals surface area (Å²) in [7, 11) is 0. The van der Waals surface area contributed by atoms with Crippen LogP contribution in [-0.2, 0) is 11.0 Å². The molecular formula is C23H18ClF3N2O4. The van der Waals surface area contributed by atoms with Crippen molar-refractivity contribution >= 4 is 30.0 Å². The van der Waals surface area contributed by atoms with E-state index in [0.717, 1.165) is 24.6 Å². The Morgan fingerprint density at radius 1 is 1.12 bits per heavy atom. The topological polar surface area (TPSA) is 103 Å². The Kier molecular flexibility index (Phi) is 7.23. The Balaban J connectivity index is 1.93. The zero-order valence-corrected chi connectivity index (χ0v) is 17.7. The molecular weight excluding hydrogens is 461 g/mol. The first kappa shape index (κ1) is 24.1. The Hall–Kier alpha value is -3.59. The van der Waals surface area contributed by atoms with Gasteiger partial charge in [-0.05, 0) is 54.8 Å². The van der Waals surface area contributed by atoms with Crippen LogP contribution in [0.15, 0.2) is 54.3 Å². The number of aliphatic carboxylic acids is 1. The van der Waals surface area contributed by atoms with Crippen LogP contribution in [0.5, 0.6) is 17.2 Å². The molecule has 1 aliphatic rings. The fourth-order valence-corrected chi connectivity index (χ4v) is 3.48. The lowest BCUT2D eigenvalue weighted by atomic mass is 9.96. The van der Waals surface area contributed by atoms with Crippen molar-refractivity contribution in [3.8, 4) is 17.2 Å². The van der Waals surface area contributed by atoms with E-state index in [0.29, 0.717) is 6.42 Å². The Morgan fingerprint density at radius 2 is 1.82 bits per heavy atom. The molecule has 0 saturated carbocycles. The number of alkyl halides is 3. The molecule has 2 aromatic carbocycles. The van der Waals surface area contributed by atoms with Gasteiger partial charge in [-0.1, -0.05) is 17.7 Å². The van der Waals surface area contributed by atoms with E-state index >= 15 is 0 Å². The molecule has 0 aromatic heterocycles. The molecule has 0 radical (unpaired) electrons. The molecule has 1 aliphatic carbocycles. The molecule has 0 bridgehead atoms. The molecule has 0 heterocycles. The minimum absolute atomic E-state index is 0.0594. The maximum atomic E-state index is 13.8. The van der Waals surface area contributed by atoms with Crippen molar-refractivity contribution in [3.63, 3.8) is 0 Å². The molecule has 0 fully saturated rings. The van der Waals surface area contributed by atoms with Crippen molar-refractivity contribution in [1.82, 2.24) is 0 Å². The average Bonchev–Trinajstić information content (AvgIpc) is 2.74. The molecule has 3 N–H and O–H groups in total. The number of allylic oxidation sites excluding steroid dienone is 3. The highest BCUT2D eigenvalue weighted by molar-refractivity contribution is 6.33. The largest absolute Gasteiger partial charge is 0.481 e.